The fourth-order valence-electron chi connectivity index (χ4n) is 2.44. The van der Waals surface area contributed by atoms with E-state index in [0.29, 0.717) is 10.6 Å². The third-order valence-electron chi connectivity index (χ3n) is 3.60. The number of hydrogen-bond donors (Lipinski definition) is 2. The molecule has 0 spiro atoms. The molecule has 0 radical (unpaired) electrons. The molecular formula is C17H14ClFN4OS. The lowest BCUT2D eigenvalue weighted by Crippen LogP contribution is -2.25. The van der Waals surface area contributed by atoms with Gasteiger partial charge in [-0.15, -0.1) is 0 Å². The van der Waals surface area contributed by atoms with E-state index in [1.54, 1.807) is 4.57 Å². The third-order valence-corrected chi connectivity index (χ3v) is 4.19. The average Bonchev–Trinajstić information content (AvgIpc) is 2.93. The first kappa shape index (κ1) is 17.3. The van der Waals surface area contributed by atoms with Crippen molar-refractivity contribution in [1.82, 2.24) is 20.1 Å². The molecule has 1 amide bonds. The molecular weight excluding hydrogens is 363 g/mol. The molecule has 0 atom stereocenters. The summed E-state index contributed by atoms with van der Waals surface area (Å²) < 4.78 is 15.9. The van der Waals surface area contributed by atoms with Gasteiger partial charge in [0.2, 0.25) is 0 Å². The highest BCUT2D eigenvalue weighted by atomic mass is 35.5. The molecule has 8 heteroatoms. The fourth-order valence-corrected chi connectivity index (χ4v) is 2.95. The van der Waals surface area contributed by atoms with Gasteiger partial charge in [0, 0.05) is 5.69 Å². The number of hydrogen-bond acceptors (Lipinski definition) is 3. The Labute approximate surface area is 153 Å². The van der Waals surface area contributed by atoms with E-state index in [1.807, 2.05) is 31.2 Å². The van der Waals surface area contributed by atoms with E-state index >= 15 is 0 Å². The third kappa shape index (κ3) is 3.62. The Kier molecular flexibility index (Phi) is 4.96. The van der Waals surface area contributed by atoms with Gasteiger partial charge in [0.15, 0.2) is 10.6 Å². The number of benzene rings is 2. The largest absolute Gasteiger partial charge is 0.345 e. The number of carbonyl (C=O) groups excluding carboxylic acids is 1. The maximum Gasteiger partial charge on any atom is 0.256 e. The summed E-state index contributed by atoms with van der Waals surface area (Å²) >= 11 is 11.2. The van der Waals surface area contributed by atoms with Gasteiger partial charge in [-0.05, 0) is 49.0 Å². The second kappa shape index (κ2) is 7.16. The zero-order valence-electron chi connectivity index (χ0n) is 13.2. The number of amides is 1. The van der Waals surface area contributed by atoms with E-state index in [4.69, 9.17) is 23.8 Å². The normalized spacial score (nSPS) is 10.7. The van der Waals surface area contributed by atoms with Gasteiger partial charge >= 0.3 is 0 Å². The molecule has 1 aromatic heterocycles. The maximum absolute atomic E-state index is 13.8. The minimum Gasteiger partial charge on any atom is -0.345 e. The molecule has 0 fully saturated rings. The maximum atomic E-state index is 13.8. The van der Waals surface area contributed by atoms with Gasteiger partial charge in [-0.25, -0.2) is 4.39 Å². The summed E-state index contributed by atoms with van der Waals surface area (Å²) in [6, 6.07) is 11.8. The molecule has 0 bridgehead atoms. The minimum atomic E-state index is -0.678. The van der Waals surface area contributed by atoms with Crippen molar-refractivity contribution < 1.29 is 9.18 Å². The first-order valence-electron chi connectivity index (χ1n) is 7.43. The van der Waals surface area contributed by atoms with Crippen molar-refractivity contribution >= 4 is 29.7 Å². The molecule has 0 aliphatic rings. The summed E-state index contributed by atoms with van der Waals surface area (Å²) in [5.74, 6) is -0.799. The highest BCUT2D eigenvalue weighted by Gasteiger charge is 2.17. The number of aryl methyl sites for hydroxylation is 1. The number of nitrogens with one attached hydrogen (secondary N) is 2. The van der Waals surface area contributed by atoms with Crippen LogP contribution in [0, 0.1) is 17.5 Å². The number of carbonyl (C=O) groups is 1. The van der Waals surface area contributed by atoms with Crippen LogP contribution in [0.5, 0.6) is 0 Å². The predicted octanol–water partition coefficient (Wildman–Crippen LogP) is 3.96. The molecule has 1 heterocycles. The second-order valence-corrected chi connectivity index (χ2v) is 6.19. The summed E-state index contributed by atoms with van der Waals surface area (Å²) in [5.41, 5.74) is 1.70. The van der Waals surface area contributed by atoms with Gasteiger partial charge in [-0.3, -0.25) is 14.5 Å². The van der Waals surface area contributed by atoms with Crippen molar-refractivity contribution in [2.45, 2.75) is 13.5 Å². The van der Waals surface area contributed by atoms with Gasteiger partial charge in [-0.2, -0.15) is 5.10 Å². The molecule has 3 aromatic rings. The highest BCUT2D eigenvalue weighted by Crippen LogP contribution is 2.19. The van der Waals surface area contributed by atoms with E-state index < -0.39 is 11.7 Å². The van der Waals surface area contributed by atoms with Crippen molar-refractivity contribution in [2.24, 2.45) is 0 Å². The van der Waals surface area contributed by atoms with Crippen LogP contribution >= 0.6 is 23.8 Å². The Morgan fingerprint density at radius 2 is 2.12 bits per heavy atom. The molecule has 25 heavy (non-hydrogen) atoms. The Hall–Kier alpha value is -2.51. The van der Waals surface area contributed by atoms with Crippen LogP contribution in [0.15, 0.2) is 42.5 Å². The summed E-state index contributed by atoms with van der Waals surface area (Å²) in [6.07, 6.45) is 0. The number of rotatable bonds is 4. The molecule has 2 N–H and O–H groups in total. The van der Waals surface area contributed by atoms with Crippen molar-refractivity contribution in [1.29, 1.82) is 0 Å². The van der Waals surface area contributed by atoms with Crippen LogP contribution in [0.4, 0.5) is 4.39 Å². The summed E-state index contributed by atoms with van der Waals surface area (Å²) in [7, 11) is 0. The molecule has 0 unspecified atom stereocenters. The van der Waals surface area contributed by atoms with Crippen LogP contribution in [-0.4, -0.2) is 20.7 Å². The lowest BCUT2D eigenvalue weighted by Gasteiger charge is -2.10. The zero-order valence-corrected chi connectivity index (χ0v) is 14.8. The number of H-pyrrole nitrogens is 1. The van der Waals surface area contributed by atoms with E-state index in [2.05, 4.69) is 15.5 Å². The predicted molar refractivity (Wildman–Crippen MR) is 96.1 cm³/mol. The number of nitrogens with zero attached hydrogens (tertiary/aromatic N) is 2. The second-order valence-electron chi connectivity index (χ2n) is 5.40. The van der Waals surface area contributed by atoms with Crippen LogP contribution in [-0.2, 0) is 6.54 Å². The van der Waals surface area contributed by atoms with Crippen LogP contribution in [0.25, 0.3) is 5.69 Å². The summed E-state index contributed by atoms with van der Waals surface area (Å²) in [5, 5.41) is 9.52. The van der Waals surface area contributed by atoms with Gasteiger partial charge in [0.05, 0.1) is 17.1 Å². The van der Waals surface area contributed by atoms with Crippen molar-refractivity contribution in [3.8, 4) is 5.69 Å². The van der Waals surface area contributed by atoms with Gasteiger partial charge in [0.25, 0.3) is 5.91 Å². The van der Waals surface area contributed by atoms with Crippen LogP contribution in [0.3, 0.4) is 0 Å². The van der Waals surface area contributed by atoms with E-state index in [-0.39, 0.29) is 17.1 Å². The molecule has 0 aliphatic carbocycles. The summed E-state index contributed by atoms with van der Waals surface area (Å²) in [4.78, 5) is 12.3. The average molecular weight is 377 g/mol. The van der Waals surface area contributed by atoms with Crippen LogP contribution in [0.1, 0.15) is 21.7 Å². The van der Waals surface area contributed by atoms with Crippen molar-refractivity contribution in [3.63, 3.8) is 0 Å². The lowest BCUT2D eigenvalue weighted by molar-refractivity contribution is 0.0946. The monoisotopic (exact) mass is 376 g/mol. The molecule has 0 saturated heterocycles. The van der Waals surface area contributed by atoms with Gasteiger partial charge in [0.1, 0.15) is 5.82 Å². The van der Waals surface area contributed by atoms with Crippen molar-refractivity contribution in [2.75, 3.05) is 0 Å². The summed E-state index contributed by atoms with van der Waals surface area (Å²) in [6.45, 7) is 2.03. The standard InChI is InChI=1S/C17H14ClFN4OS/c1-10-4-2-5-11(8-10)23-14(21-22-17(23)25)9-20-16(24)15-12(18)6-3-7-13(15)19/h2-8H,9H2,1H3,(H,20,24)(H,22,25). The smallest absolute Gasteiger partial charge is 0.256 e. The molecule has 128 valence electrons. The fraction of sp³-hybridized carbons (Fsp3) is 0.118. The Morgan fingerprint density at radius 1 is 1.36 bits per heavy atom. The van der Waals surface area contributed by atoms with E-state index in [0.717, 1.165) is 11.3 Å². The van der Waals surface area contributed by atoms with Gasteiger partial charge in [-0.1, -0.05) is 29.8 Å². The Bertz CT molecular complexity index is 978. The van der Waals surface area contributed by atoms with Crippen LogP contribution < -0.4 is 5.32 Å². The SMILES string of the molecule is Cc1cccc(-n2c(CNC(=O)c3c(F)cccc3Cl)n[nH]c2=S)c1. The highest BCUT2D eigenvalue weighted by molar-refractivity contribution is 7.71. The molecule has 5 nitrogen and oxygen atoms in total. The molecule has 0 aliphatic heterocycles. The molecule has 2 aromatic carbocycles. The van der Waals surface area contributed by atoms with E-state index in [9.17, 15) is 9.18 Å². The Balaban J connectivity index is 1.86. The number of aromatic nitrogens is 3. The molecule has 0 saturated carbocycles. The lowest BCUT2D eigenvalue weighted by atomic mass is 10.2. The molecule has 3 rings (SSSR count). The first-order valence-corrected chi connectivity index (χ1v) is 8.21. The van der Waals surface area contributed by atoms with Crippen molar-refractivity contribution in [3.05, 3.63) is 75.0 Å². The topological polar surface area (TPSA) is 62.7 Å². The first-order chi connectivity index (χ1) is 12.0. The number of aromatic amines is 1. The van der Waals surface area contributed by atoms with E-state index in [1.165, 1.54) is 18.2 Å². The minimum absolute atomic E-state index is 0.0510. The Morgan fingerprint density at radius 3 is 2.84 bits per heavy atom. The van der Waals surface area contributed by atoms with Gasteiger partial charge < -0.3 is 5.32 Å². The number of halogens is 2. The van der Waals surface area contributed by atoms with Crippen LogP contribution in [0.2, 0.25) is 5.02 Å². The zero-order chi connectivity index (χ0) is 18.0. The quantitative estimate of drug-likeness (QED) is 0.677.